The Labute approximate surface area is 289 Å². The summed E-state index contributed by atoms with van der Waals surface area (Å²) in [6.45, 7) is 8.17. The average molecular weight is 773 g/mol. The van der Waals surface area contributed by atoms with E-state index in [2.05, 4.69) is 9.47 Å². The zero-order valence-corrected chi connectivity index (χ0v) is 29.5. The summed E-state index contributed by atoms with van der Waals surface area (Å²) in [4.78, 5) is 24.4. The van der Waals surface area contributed by atoms with Crippen LogP contribution in [-0.2, 0) is 28.5 Å². The highest BCUT2D eigenvalue weighted by Crippen LogP contribution is 2.55. The molecule has 0 saturated heterocycles. The molecular weight excluding hydrogens is 724 g/mol. The number of hydrogen-bond donors (Lipinski definition) is 1. The van der Waals surface area contributed by atoms with E-state index >= 15 is 0 Å². The predicted octanol–water partition coefficient (Wildman–Crippen LogP) is 9.39. The minimum Gasteiger partial charge on any atom is -0.462 e. The third-order valence-corrected chi connectivity index (χ3v) is 9.96. The minimum absolute atomic E-state index is 0.0877. The first-order chi connectivity index (χ1) is 22.9. The molecule has 4 atom stereocenters. The van der Waals surface area contributed by atoms with Gasteiger partial charge in [-0.2, -0.15) is 52.7 Å². The van der Waals surface area contributed by atoms with Crippen molar-refractivity contribution in [2.75, 3.05) is 13.9 Å². The lowest BCUT2D eigenvalue weighted by molar-refractivity contribution is -0.415. The zero-order chi connectivity index (χ0) is 40.1. The summed E-state index contributed by atoms with van der Waals surface area (Å²) in [6.07, 6.45) is -26.2. The first-order valence-corrected chi connectivity index (χ1v) is 16.5. The molecule has 2 fully saturated rings. The number of rotatable bonds is 11. The molecule has 1 N–H and O–H groups in total. The Kier molecular flexibility index (Phi) is 15.6. The number of hydrogen-bond acceptors (Lipinski definition) is 7. The van der Waals surface area contributed by atoms with E-state index in [1.54, 1.807) is 13.8 Å². The number of alkyl halides is 12. The highest BCUT2D eigenvalue weighted by Gasteiger charge is 2.77. The van der Waals surface area contributed by atoms with Gasteiger partial charge < -0.3 is 24.1 Å². The van der Waals surface area contributed by atoms with Crippen LogP contribution in [0.25, 0.3) is 0 Å². The van der Waals surface area contributed by atoms with Crippen molar-refractivity contribution < 1.29 is 86.3 Å². The molecule has 0 aromatic rings. The molecule has 4 unspecified atom stereocenters. The van der Waals surface area contributed by atoms with Crippen LogP contribution in [0.1, 0.15) is 106 Å². The second-order valence-electron chi connectivity index (χ2n) is 14.2. The van der Waals surface area contributed by atoms with Crippen LogP contribution in [-0.4, -0.2) is 79.1 Å². The first kappa shape index (κ1) is 47.0. The number of methoxy groups -OCH3 is 1. The van der Waals surface area contributed by atoms with E-state index in [0.29, 0.717) is 25.7 Å². The van der Waals surface area contributed by atoms with Crippen LogP contribution in [0.2, 0.25) is 0 Å². The Bertz CT molecular complexity index is 1100. The Hall–Kier alpha value is -2.02. The highest BCUT2D eigenvalue weighted by molar-refractivity contribution is 5.76. The molecule has 2 saturated carbocycles. The molecule has 2 aliphatic rings. The number of aliphatic hydroxyl groups is 1. The maximum atomic E-state index is 13.7. The molecule has 2 aliphatic carbocycles. The van der Waals surface area contributed by atoms with Crippen molar-refractivity contribution in [1.82, 2.24) is 0 Å². The van der Waals surface area contributed by atoms with E-state index < -0.39 is 102 Å². The minimum atomic E-state index is -5.92. The topological polar surface area (TPSA) is 91.3 Å². The van der Waals surface area contributed by atoms with Crippen LogP contribution in [0.15, 0.2) is 0 Å². The summed E-state index contributed by atoms with van der Waals surface area (Å²) < 4.78 is 180. The quantitative estimate of drug-likeness (QED) is 0.127. The Morgan fingerprint density at radius 2 is 0.922 bits per heavy atom. The summed E-state index contributed by atoms with van der Waals surface area (Å²) >= 11 is 0. The third-order valence-electron chi connectivity index (χ3n) is 9.96. The van der Waals surface area contributed by atoms with Crippen molar-refractivity contribution in [2.24, 2.45) is 22.7 Å². The van der Waals surface area contributed by atoms with E-state index in [4.69, 9.17) is 9.47 Å². The fraction of sp³-hybridized carbons (Fsp3) is 0.938. The Balaban J connectivity index is 0.000000514. The van der Waals surface area contributed by atoms with Gasteiger partial charge in [0.2, 0.25) is 0 Å². The SMILES string of the molecule is CCC(C)(C)C(=O)OC1CCCCC1C(O)(C(F)(F)F)C(F)(F)F.CCC(C)(C)C(=O)OC1CCCCC1C(OCOC)(C(F)(F)F)C(F)(F)F. The molecule has 302 valence electrons. The number of carbonyl (C=O) groups excluding carboxylic acids is 2. The lowest BCUT2D eigenvalue weighted by Crippen LogP contribution is -2.66. The summed E-state index contributed by atoms with van der Waals surface area (Å²) in [5.74, 6) is -6.08. The van der Waals surface area contributed by atoms with Gasteiger partial charge in [0.1, 0.15) is 19.0 Å². The summed E-state index contributed by atoms with van der Waals surface area (Å²) in [6, 6.07) is 0. The van der Waals surface area contributed by atoms with Crippen LogP contribution in [0.4, 0.5) is 52.7 Å². The van der Waals surface area contributed by atoms with Gasteiger partial charge in [0.15, 0.2) is 0 Å². The number of halogens is 12. The molecule has 0 radical (unpaired) electrons. The molecule has 0 aromatic heterocycles. The fourth-order valence-corrected chi connectivity index (χ4v) is 5.89. The van der Waals surface area contributed by atoms with Gasteiger partial charge >= 0.3 is 36.6 Å². The fourth-order valence-electron chi connectivity index (χ4n) is 5.89. The van der Waals surface area contributed by atoms with E-state index in [1.807, 2.05) is 0 Å². The molecule has 0 bridgehead atoms. The molecule has 19 heteroatoms. The number of ether oxygens (including phenoxy) is 4. The van der Waals surface area contributed by atoms with Crippen molar-refractivity contribution in [2.45, 2.75) is 154 Å². The van der Waals surface area contributed by atoms with Gasteiger partial charge in [-0.1, -0.05) is 26.7 Å². The lowest BCUT2D eigenvalue weighted by atomic mass is 9.73. The van der Waals surface area contributed by atoms with E-state index in [-0.39, 0.29) is 25.7 Å². The smallest absolute Gasteiger partial charge is 0.427 e. The van der Waals surface area contributed by atoms with Gasteiger partial charge in [-0.3, -0.25) is 9.59 Å². The molecule has 0 amide bonds. The van der Waals surface area contributed by atoms with Gasteiger partial charge in [0.05, 0.1) is 10.8 Å². The van der Waals surface area contributed by atoms with Crippen LogP contribution in [0.3, 0.4) is 0 Å². The van der Waals surface area contributed by atoms with Crippen molar-refractivity contribution in [1.29, 1.82) is 0 Å². The van der Waals surface area contributed by atoms with E-state index in [1.165, 1.54) is 27.7 Å². The van der Waals surface area contributed by atoms with Crippen molar-refractivity contribution in [3.63, 3.8) is 0 Å². The van der Waals surface area contributed by atoms with Gasteiger partial charge in [-0.05, 0) is 79.1 Å². The third kappa shape index (κ3) is 10.4. The average Bonchev–Trinajstić information content (AvgIpc) is 2.99. The number of esters is 2. The molecule has 51 heavy (non-hydrogen) atoms. The van der Waals surface area contributed by atoms with Gasteiger partial charge in [0, 0.05) is 18.9 Å². The second kappa shape index (κ2) is 17.0. The lowest BCUT2D eigenvalue weighted by Gasteiger charge is -2.46. The molecule has 7 nitrogen and oxygen atoms in total. The maximum Gasteiger partial charge on any atom is 0.427 e. The highest BCUT2D eigenvalue weighted by atomic mass is 19.4. The van der Waals surface area contributed by atoms with Crippen LogP contribution >= 0.6 is 0 Å². The van der Waals surface area contributed by atoms with Gasteiger partial charge in [-0.25, -0.2) is 0 Å². The molecule has 2 rings (SSSR count). The van der Waals surface area contributed by atoms with E-state index in [0.717, 1.165) is 7.11 Å². The molecule has 0 heterocycles. The monoisotopic (exact) mass is 772 g/mol. The summed E-state index contributed by atoms with van der Waals surface area (Å²) in [7, 11) is 0.930. The number of carbonyl (C=O) groups is 2. The summed E-state index contributed by atoms with van der Waals surface area (Å²) in [5, 5.41) is 9.61. The van der Waals surface area contributed by atoms with Crippen LogP contribution < -0.4 is 0 Å². The molecular formula is C32H48F12O7. The Morgan fingerprint density at radius 3 is 1.24 bits per heavy atom. The van der Waals surface area contributed by atoms with Crippen LogP contribution in [0.5, 0.6) is 0 Å². The van der Waals surface area contributed by atoms with Crippen molar-refractivity contribution >= 4 is 11.9 Å². The van der Waals surface area contributed by atoms with Gasteiger partial charge in [0.25, 0.3) is 11.2 Å². The zero-order valence-electron chi connectivity index (χ0n) is 29.5. The van der Waals surface area contributed by atoms with Crippen molar-refractivity contribution in [3.8, 4) is 0 Å². The van der Waals surface area contributed by atoms with Gasteiger partial charge in [-0.15, -0.1) is 0 Å². The molecule has 0 aromatic carbocycles. The standard InChI is InChI=1S/C17H26F6O4.C15H22F6O3/c1-5-14(2,3)13(24)27-12-9-7-6-8-11(12)15(16(18,19)20,17(21,22)23)26-10-25-4;1-4-12(2,3)11(22)24-10-8-6-5-7-9(10)13(23,14(16,17)18)15(19,20)21/h11-12H,5-10H2,1-4H3;9-10,23H,4-8H2,1-3H3. The normalized spacial score (nSPS) is 23.2. The summed E-state index contributed by atoms with van der Waals surface area (Å²) in [5.41, 5.74) is -11.4. The van der Waals surface area contributed by atoms with E-state index in [9.17, 15) is 67.4 Å². The predicted molar refractivity (Wildman–Crippen MR) is 157 cm³/mol. The van der Waals surface area contributed by atoms with Crippen LogP contribution in [0, 0.1) is 22.7 Å². The molecule has 0 aliphatic heterocycles. The molecule has 0 spiro atoms. The largest absolute Gasteiger partial charge is 0.462 e. The van der Waals surface area contributed by atoms with Crippen molar-refractivity contribution in [3.05, 3.63) is 0 Å². The first-order valence-electron chi connectivity index (χ1n) is 16.5. The maximum absolute atomic E-state index is 13.7. The second-order valence-corrected chi connectivity index (χ2v) is 14.2. The Morgan fingerprint density at radius 1 is 0.588 bits per heavy atom.